The Labute approximate surface area is 126 Å². The molecule has 0 saturated carbocycles. The van der Waals surface area contributed by atoms with Gasteiger partial charge in [0.05, 0.1) is 16.6 Å². The lowest BCUT2D eigenvalue weighted by Crippen LogP contribution is -2.11. The molecule has 0 spiro atoms. The average Bonchev–Trinajstić information content (AvgIpc) is 2.93. The van der Waals surface area contributed by atoms with Crippen LogP contribution in [-0.2, 0) is 5.41 Å². The Hall–Kier alpha value is -2.69. The Kier molecular flexibility index (Phi) is 2.46. The first-order valence-electron chi connectivity index (χ1n) is 7.23. The molecule has 0 atom stereocenters. The fourth-order valence-corrected chi connectivity index (χ4v) is 2.83. The number of hydrogen-bond donors (Lipinski definition) is 1. The molecule has 4 rings (SSSR count). The van der Waals surface area contributed by atoms with Crippen molar-refractivity contribution in [1.82, 2.24) is 19.4 Å². The quantitative estimate of drug-likeness (QED) is 0.507. The second-order valence-electron chi connectivity index (χ2n) is 6.56. The van der Waals surface area contributed by atoms with Crippen LogP contribution in [0.3, 0.4) is 0 Å². The molecule has 0 aliphatic rings. The summed E-state index contributed by atoms with van der Waals surface area (Å²) in [7, 11) is 0. The highest BCUT2D eigenvalue weighted by Crippen LogP contribution is 2.29. The van der Waals surface area contributed by atoms with Gasteiger partial charge in [-0.2, -0.15) is 0 Å². The summed E-state index contributed by atoms with van der Waals surface area (Å²) >= 11 is 0. The van der Waals surface area contributed by atoms with E-state index in [2.05, 4.69) is 30.7 Å². The SMILES string of the molecule is CC(C)(C)c1cn2c3cc[nH]c(=O)c3c3cnccc3c2n1. The Balaban J connectivity index is 2.35. The Morgan fingerprint density at radius 2 is 2.00 bits per heavy atom. The predicted molar refractivity (Wildman–Crippen MR) is 87.3 cm³/mol. The lowest BCUT2D eigenvalue weighted by molar-refractivity contribution is 0.573. The van der Waals surface area contributed by atoms with Crippen LogP contribution in [0.2, 0.25) is 0 Å². The van der Waals surface area contributed by atoms with Crippen LogP contribution in [0, 0.1) is 0 Å². The summed E-state index contributed by atoms with van der Waals surface area (Å²) in [6, 6.07) is 3.82. The van der Waals surface area contributed by atoms with E-state index in [1.807, 2.05) is 22.7 Å². The lowest BCUT2D eigenvalue weighted by Gasteiger charge is -2.13. The number of rotatable bonds is 0. The van der Waals surface area contributed by atoms with Crippen molar-refractivity contribution < 1.29 is 0 Å². The van der Waals surface area contributed by atoms with E-state index < -0.39 is 0 Å². The maximum Gasteiger partial charge on any atom is 0.258 e. The summed E-state index contributed by atoms with van der Waals surface area (Å²) in [5, 5.41) is 2.42. The largest absolute Gasteiger partial charge is 0.328 e. The predicted octanol–water partition coefficient (Wildman–Crippen LogP) is 3.02. The minimum Gasteiger partial charge on any atom is -0.328 e. The number of fused-ring (bicyclic) bond motifs is 6. The van der Waals surface area contributed by atoms with E-state index in [0.717, 1.165) is 27.6 Å². The van der Waals surface area contributed by atoms with Crippen LogP contribution in [0.5, 0.6) is 0 Å². The van der Waals surface area contributed by atoms with Gasteiger partial charge in [-0.15, -0.1) is 0 Å². The molecule has 1 N–H and O–H groups in total. The molecule has 5 heteroatoms. The van der Waals surface area contributed by atoms with E-state index in [-0.39, 0.29) is 11.0 Å². The van der Waals surface area contributed by atoms with Crippen molar-refractivity contribution in [3.05, 3.63) is 53.0 Å². The van der Waals surface area contributed by atoms with Crippen molar-refractivity contribution in [3.8, 4) is 0 Å². The van der Waals surface area contributed by atoms with Gasteiger partial charge in [-0.1, -0.05) is 20.8 Å². The van der Waals surface area contributed by atoms with Gasteiger partial charge in [-0.05, 0) is 12.1 Å². The highest BCUT2D eigenvalue weighted by molar-refractivity contribution is 6.10. The molecule has 4 aromatic heterocycles. The van der Waals surface area contributed by atoms with Crippen LogP contribution in [-0.4, -0.2) is 19.4 Å². The van der Waals surface area contributed by atoms with E-state index in [9.17, 15) is 4.79 Å². The van der Waals surface area contributed by atoms with E-state index >= 15 is 0 Å². The first-order chi connectivity index (χ1) is 10.5. The molecule has 0 amide bonds. The van der Waals surface area contributed by atoms with Crippen molar-refractivity contribution in [2.75, 3.05) is 0 Å². The summed E-state index contributed by atoms with van der Waals surface area (Å²) in [5.41, 5.74) is 2.54. The van der Waals surface area contributed by atoms with Gasteiger partial charge in [-0.3, -0.25) is 14.2 Å². The van der Waals surface area contributed by atoms with E-state index in [4.69, 9.17) is 4.98 Å². The van der Waals surface area contributed by atoms with Crippen LogP contribution in [0.15, 0.2) is 41.7 Å². The molecule has 4 aromatic rings. The van der Waals surface area contributed by atoms with Crippen molar-refractivity contribution >= 4 is 27.3 Å². The molecule has 0 bridgehead atoms. The second-order valence-corrected chi connectivity index (χ2v) is 6.56. The van der Waals surface area contributed by atoms with Crippen LogP contribution < -0.4 is 5.56 Å². The average molecular weight is 292 g/mol. The van der Waals surface area contributed by atoms with Crippen molar-refractivity contribution in [1.29, 1.82) is 0 Å². The number of H-pyrrole nitrogens is 1. The van der Waals surface area contributed by atoms with E-state index in [1.165, 1.54) is 0 Å². The molecular formula is C17H16N4O. The maximum absolute atomic E-state index is 12.3. The van der Waals surface area contributed by atoms with Crippen molar-refractivity contribution in [2.24, 2.45) is 0 Å². The van der Waals surface area contributed by atoms with Gasteiger partial charge in [0.15, 0.2) is 0 Å². The molecule has 0 unspecified atom stereocenters. The Bertz CT molecular complexity index is 1080. The number of imidazole rings is 1. The summed E-state index contributed by atoms with van der Waals surface area (Å²) in [6.07, 6.45) is 7.16. The molecule has 0 aromatic carbocycles. The Morgan fingerprint density at radius 3 is 2.77 bits per heavy atom. The standard InChI is InChI=1S/C17H16N4O/c1-17(2,3)13-9-21-12-5-7-19-16(22)14(12)11-8-18-6-4-10(11)15(21)20-13/h4-9H,1-3H3,(H,19,22). The third kappa shape index (κ3) is 1.68. The van der Waals surface area contributed by atoms with E-state index in [1.54, 1.807) is 18.6 Å². The minimum atomic E-state index is -0.108. The number of nitrogens with one attached hydrogen (secondary N) is 1. The zero-order valence-corrected chi connectivity index (χ0v) is 12.7. The highest BCUT2D eigenvalue weighted by Gasteiger charge is 2.20. The molecule has 4 heterocycles. The summed E-state index contributed by atoms with van der Waals surface area (Å²) in [5.74, 6) is 0. The molecule has 0 fully saturated rings. The van der Waals surface area contributed by atoms with E-state index in [0.29, 0.717) is 5.39 Å². The molecule has 0 saturated heterocycles. The van der Waals surface area contributed by atoms with Crippen molar-refractivity contribution in [2.45, 2.75) is 26.2 Å². The normalized spacial score (nSPS) is 12.5. The smallest absolute Gasteiger partial charge is 0.258 e. The zero-order chi connectivity index (χ0) is 15.5. The number of aromatic amines is 1. The monoisotopic (exact) mass is 292 g/mol. The fourth-order valence-electron chi connectivity index (χ4n) is 2.83. The zero-order valence-electron chi connectivity index (χ0n) is 12.7. The second kappa shape index (κ2) is 4.16. The van der Waals surface area contributed by atoms with Gasteiger partial charge in [0, 0.05) is 41.0 Å². The van der Waals surface area contributed by atoms with Gasteiger partial charge in [-0.25, -0.2) is 4.98 Å². The molecule has 0 radical (unpaired) electrons. The lowest BCUT2D eigenvalue weighted by atomic mass is 9.93. The number of nitrogens with zero attached hydrogens (tertiary/aromatic N) is 3. The first-order valence-corrected chi connectivity index (χ1v) is 7.23. The van der Waals surface area contributed by atoms with Crippen LogP contribution in [0.25, 0.3) is 27.3 Å². The van der Waals surface area contributed by atoms with Crippen LogP contribution in [0.1, 0.15) is 26.5 Å². The molecular weight excluding hydrogens is 276 g/mol. The van der Waals surface area contributed by atoms with Crippen molar-refractivity contribution in [3.63, 3.8) is 0 Å². The third-order valence-corrected chi connectivity index (χ3v) is 4.00. The number of hydrogen-bond acceptors (Lipinski definition) is 3. The summed E-state index contributed by atoms with van der Waals surface area (Å²) < 4.78 is 2.01. The molecule has 5 nitrogen and oxygen atoms in total. The molecule has 0 aliphatic carbocycles. The summed E-state index contributed by atoms with van der Waals surface area (Å²) in [4.78, 5) is 24.1. The first kappa shape index (κ1) is 13.0. The minimum absolute atomic E-state index is 0.0566. The van der Waals surface area contributed by atoms with Gasteiger partial charge in [0.2, 0.25) is 0 Å². The fraction of sp³-hybridized carbons (Fsp3) is 0.235. The molecule has 0 aliphatic heterocycles. The molecule has 110 valence electrons. The topological polar surface area (TPSA) is 63.0 Å². The van der Waals surface area contributed by atoms with Gasteiger partial charge < -0.3 is 4.98 Å². The van der Waals surface area contributed by atoms with Gasteiger partial charge in [0.25, 0.3) is 5.56 Å². The van der Waals surface area contributed by atoms with Gasteiger partial charge in [0.1, 0.15) is 5.65 Å². The Morgan fingerprint density at radius 1 is 1.18 bits per heavy atom. The summed E-state index contributed by atoms with van der Waals surface area (Å²) in [6.45, 7) is 6.40. The van der Waals surface area contributed by atoms with Crippen LogP contribution >= 0.6 is 0 Å². The van der Waals surface area contributed by atoms with Gasteiger partial charge >= 0.3 is 0 Å². The third-order valence-electron chi connectivity index (χ3n) is 4.00. The van der Waals surface area contributed by atoms with Crippen LogP contribution in [0.4, 0.5) is 0 Å². The maximum atomic E-state index is 12.3. The highest BCUT2D eigenvalue weighted by atomic mass is 16.1. The number of aromatic nitrogens is 4. The number of pyridine rings is 3. The molecule has 22 heavy (non-hydrogen) atoms.